The number of carbonyl (C=O) groups is 4. The van der Waals surface area contributed by atoms with E-state index >= 15 is 0 Å². The topological polar surface area (TPSA) is 80.3 Å². The van der Waals surface area contributed by atoms with E-state index in [2.05, 4.69) is 5.32 Å². The van der Waals surface area contributed by atoms with Gasteiger partial charge in [0, 0.05) is 37.8 Å². The zero-order valence-electron chi connectivity index (χ0n) is 13.5. The van der Waals surface area contributed by atoms with Gasteiger partial charge >= 0.3 is 0 Å². The minimum atomic E-state index is -0.842. The minimum absolute atomic E-state index is 0.00353. The molecule has 0 unspecified atom stereocenters. The van der Waals surface area contributed by atoms with Gasteiger partial charge in [0.1, 0.15) is 17.3 Å². The zero-order valence-corrected chi connectivity index (χ0v) is 13.5. The lowest BCUT2D eigenvalue weighted by Crippen LogP contribution is -2.31. The van der Waals surface area contributed by atoms with Gasteiger partial charge < -0.3 is 5.32 Å². The van der Waals surface area contributed by atoms with E-state index in [1.807, 2.05) is 32.0 Å². The van der Waals surface area contributed by atoms with Crippen molar-refractivity contribution >= 4 is 28.9 Å². The molecule has 122 valence electrons. The molecule has 1 saturated carbocycles. The smallest absolute Gasteiger partial charge is 0.224 e. The lowest BCUT2D eigenvalue weighted by atomic mass is 9.83. The van der Waals surface area contributed by atoms with E-state index in [1.54, 1.807) is 0 Å². The molecule has 0 radical (unpaired) electrons. The SMILES string of the molecule is Cc1ccc(NC(=O)CCC(=O)[C@@H]2CC(=O)CCC2=O)cc1C. The van der Waals surface area contributed by atoms with Crippen LogP contribution in [0.3, 0.4) is 0 Å². The highest BCUT2D eigenvalue weighted by molar-refractivity contribution is 6.09. The quantitative estimate of drug-likeness (QED) is 0.847. The fourth-order valence-corrected chi connectivity index (χ4v) is 2.63. The second-order valence-corrected chi connectivity index (χ2v) is 6.08. The van der Waals surface area contributed by atoms with Crippen LogP contribution in [0.1, 0.15) is 43.2 Å². The molecule has 1 fully saturated rings. The Kier molecular flexibility index (Phi) is 5.42. The van der Waals surface area contributed by atoms with Crippen LogP contribution in [0.15, 0.2) is 18.2 Å². The molecule has 1 aliphatic carbocycles. The first kappa shape index (κ1) is 17.1. The highest BCUT2D eigenvalue weighted by atomic mass is 16.2. The van der Waals surface area contributed by atoms with Gasteiger partial charge in [-0.3, -0.25) is 19.2 Å². The molecular weight excluding hydrogens is 294 g/mol. The molecule has 1 aromatic carbocycles. The van der Waals surface area contributed by atoms with Gasteiger partial charge in [-0.1, -0.05) is 6.07 Å². The molecule has 0 aliphatic heterocycles. The van der Waals surface area contributed by atoms with Crippen molar-refractivity contribution in [3.63, 3.8) is 0 Å². The molecule has 0 saturated heterocycles. The van der Waals surface area contributed by atoms with Crippen molar-refractivity contribution in [3.8, 4) is 0 Å². The zero-order chi connectivity index (χ0) is 17.0. The first-order chi connectivity index (χ1) is 10.9. The van der Waals surface area contributed by atoms with Crippen molar-refractivity contribution in [1.29, 1.82) is 0 Å². The number of anilines is 1. The molecule has 2 rings (SSSR count). The van der Waals surface area contributed by atoms with Gasteiger partial charge in [-0.05, 0) is 37.1 Å². The Bertz CT molecular complexity index is 663. The number of amides is 1. The fourth-order valence-electron chi connectivity index (χ4n) is 2.63. The van der Waals surface area contributed by atoms with Crippen molar-refractivity contribution in [2.24, 2.45) is 5.92 Å². The number of hydrogen-bond acceptors (Lipinski definition) is 4. The van der Waals surface area contributed by atoms with Crippen LogP contribution in [0.25, 0.3) is 0 Å². The number of aryl methyl sites for hydroxylation is 2. The van der Waals surface area contributed by atoms with Crippen LogP contribution < -0.4 is 5.32 Å². The lowest BCUT2D eigenvalue weighted by molar-refractivity contribution is -0.140. The number of hydrogen-bond donors (Lipinski definition) is 1. The first-order valence-electron chi connectivity index (χ1n) is 7.81. The third-order valence-corrected chi connectivity index (χ3v) is 4.25. The van der Waals surface area contributed by atoms with E-state index in [9.17, 15) is 19.2 Å². The monoisotopic (exact) mass is 315 g/mol. The summed E-state index contributed by atoms with van der Waals surface area (Å²) >= 11 is 0. The van der Waals surface area contributed by atoms with E-state index in [0.29, 0.717) is 5.69 Å². The molecule has 0 spiro atoms. The number of benzene rings is 1. The lowest BCUT2D eigenvalue weighted by Gasteiger charge is -2.18. The van der Waals surface area contributed by atoms with Gasteiger partial charge in [0.15, 0.2) is 0 Å². The maximum Gasteiger partial charge on any atom is 0.224 e. The van der Waals surface area contributed by atoms with E-state index in [0.717, 1.165) is 11.1 Å². The molecule has 0 aromatic heterocycles. The van der Waals surface area contributed by atoms with Crippen LogP contribution in [0.4, 0.5) is 5.69 Å². The molecule has 0 heterocycles. The van der Waals surface area contributed by atoms with Crippen LogP contribution in [-0.2, 0) is 19.2 Å². The Labute approximate surface area is 135 Å². The summed E-state index contributed by atoms with van der Waals surface area (Å²) in [5.74, 6) is -1.65. The summed E-state index contributed by atoms with van der Waals surface area (Å²) in [7, 11) is 0. The van der Waals surface area contributed by atoms with Gasteiger partial charge in [-0.2, -0.15) is 0 Å². The number of rotatable bonds is 5. The average molecular weight is 315 g/mol. The first-order valence-corrected chi connectivity index (χ1v) is 7.81. The van der Waals surface area contributed by atoms with Gasteiger partial charge in [0.25, 0.3) is 0 Å². The predicted molar refractivity (Wildman–Crippen MR) is 86.1 cm³/mol. The maximum absolute atomic E-state index is 12.1. The normalized spacial score (nSPS) is 17.9. The van der Waals surface area contributed by atoms with Crippen molar-refractivity contribution in [1.82, 2.24) is 0 Å². The van der Waals surface area contributed by atoms with Gasteiger partial charge in [0.2, 0.25) is 5.91 Å². The standard InChI is InChI=1S/C18H21NO4/c1-11-3-4-13(9-12(11)2)19-18(23)8-7-17(22)15-10-14(20)5-6-16(15)21/h3-4,9,15H,5-8,10H2,1-2H3,(H,19,23)/t15-/m1/s1. The van der Waals surface area contributed by atoms with Crippen molar-refractivity contribution in [2.45, 2.75) is 46.0 Å². The molecule has 23 heavy (non-hydrogen) atoms. The summed E-state index contributed by atoms with van der Waals surface area (Å²) in [6, 6.07) is 5.60. The number of ketones is 3. The molecule has 1 amide bonds. The van der Waals surface area contributed by atoms with Crippen molar-refractivity contribution in [3.05, 3.63) is 29.3 Å². The number of nitrogens with one attached hydrogen (secondary N) is 1. The van der Waals surface area contributed by atoms with Gasteiger partial charge in [-0.25, -0.2) is 0 Å². The van der Waals surface area contributed by atoms with E-state index in [4.69, 9.17) is 0 Å². The molecule has 1 atom stereocenters. The summed E-state index contributed by atoms with van der Waals surface area (Å²) in [5, 5.41) is 2.75. The van der Waals surface area contributed by atoms with Crippen molar-refractivity contribution < 1.29 is 19.2 Å². The Balaban J connectivity index is 1.86. The second kappa shape index (κ2) is 7.31. The summed E-state index contributed by atoms with van der Waals surface area (Å²) in [6.45, 7) is 3.95. The summed E-state index contributed by atoms with van der Waals surface area (Å²) in [6.07, 6.45) is 0.375. The largest absolute Gasteiger partial charge is 0.326 e. The third kappa shape index (κ3) is 4.58. The third-order valence-electron chi connectivity index (χ3n) is 4.25. The van der Waals surface area contributed by atoms with Crippen LogP contribution in [0.2, 0.25) is 0 Å². The highest BCUT2D eigenvalue weighted by Crippen LogP contribution is 2.21. The number of Topliss-reactive ketones (excluding diaryl/α,β-unsaturated/α-hetero) is 3. The van der Waals surface area contributed by atoms with Gasteiger partial charge in [-0.15, -0.1) is 0 Å². The molecule has 0 bridgehead atoms. The van der Waals surface area contributed by atoms with E-state index < -0.39 is 5.92 Å². The molecule has 1 aliphatic rings. The Morgan fingerprint density at radius 2 is 1.83 bits per heavy atom. The molecule has 5 nitrogen and oxygen atoms in total. The molecule has 1 aromatic rings. The summed E-state index contributed by atoms with van der Waals surface area (Å²) in [5.41, 5.74) is 2.90. The second-order valence-electron chi connectivity index (χ2n) is 6.08. The summed E-state index contributed by atoms with van der Waals surface area (Å²) in [4.78, 5) is 47.1. The summed E-state index contributed by atoms with van der Waals surface area (Å²) < 4.78 is 0. The predicted octanol–water partition coefficient (Wildman–Crippen LogP) is 2.53. The van der Waals surface area contributed by atoms with Crippen molar-refractivity contribution in [2.75, 3.05) is 5.32 Å². The van der Waals surface area contributed by atoms with E-state index in [1.165, 1.54) is 0 Å². The fraction of sp³-hybridized carbons (Fsp3) is 0.444. The van der Waals surface area contributed by atoms with Crippen LogP contribution in [0.5, 0.6) is 0 Å². The van der Waals surface area contributed by atoms with E-state index in [-0.39, 0.29) is 55.4 Å². The Morgan fingerprint density at radius 1 is 1.09 bits per heavy atom. The Hall–Kier alpha value is -2.30. The molecule has 5 heteroatoms. The highest BCUT2D eigenvalue weighted by Gasteiger charge is 2.32. The maximum atomic E-state index is 12.1. The average Bonchev–Trinajstić information content (AvgIpc) is 2.51. The van der Waals surface area contributed by atoms with Crippen LogP contribution in [0, 0.1) is 19.8 Å². The van der Waals surface area contributed by atoms with Crippen LogP contribution in [-0.4, -0.2) is 23.3 Å². The number of carbonyl (C=O) groups excluding carboxylic acids is 4. The van der Waals surface area contributed by atoms with Crippen LogP contribution >= 0.6 is 0 Å². The minimum Gasteiger partial charge on any atom is -0.326 e. The Morgan fingerprint density at radius 3 is 2.52 bits per heavy atom. The molecule has 1 N–H and O–H groups in total. The molecular formula is C18H21NO4. The van der Waals surface area contributed by atoms with Gasteiger partial charge in [0.05, 0.1) is 5.92 Å².